The number of hydrogen-bond acceptors (Lipinski definition) is 0. The van der Waals surface area contributed by atoms with E-state index in [2.05, 4.69) is 144 Å². The standard InChI is InChI=1S/C35H45N2/c1-9-20-35(7,10-2)32-19-15-14-18-29(32)34-36(8)21-22-37(34)33-30(25(3)4)23-28(24-31(33)26(5)6)27-16-12-11-13-17-27/h11-19,21-26H,9-10,20H2,1-8H3/q+1. The first-order valence-corrected chi connectivity index (χ1v) is 14.1. The third-order valence-electron chi connectivity index (χ3n) is 8.16. The highest BCUT2D eigenvalue weighted by Gasteiger charge is 2.33. The monoisotopic (exact) mass is 493 g/mol. The molecule has 3 aromatic carbocycles. The van der Waals surface area contributed by atoms with Crippen molar-refractivity contribution in [2.45, 2.75) is 85.0 Å². The second-order valence-corrected chi connectivity index (χ2v) is 11.5. The molecule has 0 amide bonds. The van der Waals surface area contributed by atoms with Crippen molar-refractivity contribution in [3.63, 3.8) is 0 Å². The van der Waals surface area contributed by atoms with Crippen molar-refractivity contribution in [1.82, 2.24) is 4.57 Å². The molecule has 0 radical (unpaired) electrons. The molecule has 1 atom stereocenters. The van der Waals surface area contributed by atoms with Gasteiger partial charge in [-0.15, -0.1) is 0 Å². The molecule has 0 N–H and O–H groups in total. The highest BCUT2D eigenvalue weighted by atomic mass is 15.1. The third kappa shape index (κ3) is 5.17. The Morgan fingerprint density at radius 1 is 0.811 bits per heavy atom. The number of imidazole rings is 1. The zero-order valence-electron chi connectivity index (χ0n) is 24.2. The van der Waals surface area contributed by atoms with Crippen molar-refractivity contribution in [3.8, 4) is 28.2 Å². The molecule has 0 fully saturated rings. The average Bonchev–Trinajstić information content (AvgIpc) is 3.29. The van der Waals surface area contributed by atoms with Crippen molar-refractivity contribution < 1.29 is 4.57 Å². The van der Waals surface area contributed by atoms with Crippen LogP contribution in [0.2, 0.25) is 0 Å². The van der Waals surface area contributed by atoms with Crippen molar-refractivity contribution in [1.29, 1.82) is 0 Å². The van der Waals surface area contributed by atoms with E-state index >= 15 is 0 Å². The summed E-state index contributed by atoms with van der Waals surface area (Å²) in [6, 6.07) is 24.7. The molecule has 0 saturated carbocycles. The van der Waals surface area contributed by atoms with Gasteiger partial charge in [-0.3, -0.25) is 0 Å². The molecule has 0 aliphatic carbocycles. The summed E-state index contributed by atoms with van der Waals surface area (Å²) in [5.41, 5.74) is 9.64. The lowest BCUT2D eigenvalue weighted by molar-refractivity contribution is -0.659. The normalized spacial score (nSPS) is 13.4. The quantitative estimate of drug-likeness (QED) is 0.205. The van der Waals surface area contributed by atoms with Gasteiger partial charge in [0.05, 0.1) is 12.6 Å². The van der Waals surface area contributed by atoms with Gasteiger partial charge in [0.1, 0.15) is 18.1 Å². The van der Waals surface area contributed by atoms with E-state index in [0.717, 1.165) is 6.42 Å². The van der Waals surface area contributed by atoms with E-state index in [-0.39, 0.29) is 5.41 Å². The van der Waals surface area contributed by atoms with Crippen LogP contribution in [0.5, 0.6) is 0 Å². The van der Waals surface area contributed by atoms with Crippen LogP contribution in [0, 0.1) is 0 Å². The maximum atomic E-state index is 2.47. The van der Waals surface area contributed by atoms with Gasteiger partial charge in [-0.2, -0.15) is 4.57 Å². The zero-order valence-corrected chi connectivity index (χ0v) is 24.2. The van der Waals surface area contributed by atoms with Gasteiger partial charge in [0, 0.05) is 11.1 Å². The Labute approximate surface area is 225 Å². The minimum Gasteiger partial charge on any atom is -0.232 e. The van der Waals surface area contributed by atoms with Gasteiger partial charge in [-0.05, 0) is 65.0 Å². The fraction of sp³-hybridized carbons (Fsp3) is 0.400. The van der Waals surface area contributed by atoms with Crippen LogP contribution < -0.4 is 4.57 Å². The lowest BCUT2D eigenvalue weighted by Crippen LogP contribution is -2.31. The number of hydrogen-bond donors (Lipinski definition) is 0. The van der Waals surface area contributed by atoms with Crippen molar-refractivity contribution in [3.05, 3.63) is 95.8 Å². The van der Waals surface area contributed by atoms with Crippen LogP contribution in [-0.4, -0.2) is 4.57 Å². The summed E-state index contributed by atoms with van der Waals surface area (Å²) >= 11 is 0. The first-order chi connectivity index (χ1) is 17.7. The number of benzene rings is 3. The average molecular weight is 494 g/mol. The van der Waals surface area contributed by atoms with Gasteiger partial charge in [-0.25, -0.2) is 4.57 Å². The second kappa shape index (κ2) is 11.1. The number of aromatic nitrogens is 2. The van der Waals surface area contributed by atoms with Gasteiger partial charge in [0.15, 0.2) is 0 Å². The molecule has 0 bridgehead atoms. The van der Waals surface area contributed by atoms with E-state index < -0.39 is 0 Å². The molecular weight excluding hydrogens is 448 g/mol. The van der Waals surface area contributed by atoms with Gasteiger partial charge >= 0.3 is 0 Å². The molecular formula is C35H45N2+. The van der Waals surface area contributed by atoms with E-state index in [4.69, 9.17) is 0 Å². The topological polar surface area (TPSA) is 8.81 Å². The molecule has 1 heterocycles. The molecule has 4 rings (SSSR count). The first kappa shape index (κ1) is 26.9. The SMILES string of the molecule is CCCC(C)(CC)c1ccccc1-c1n(-c2c(C(C)C)cc(-c3ccccc3)cc2C(C)C)cc[n+]1C. The summed E-state index contributed by atoms with van der Waals surface area (Å²) < 4.78 is 4.78. The van der Waals surface area contributed by atoms with Crippen molar-refractivity contribution >= 4 is 0 Å². The van der Waals surface area contributed by atoms with E-state index in [9.17, 15) is 0 Å². The first-order valence-electron chi connectivity index (χ1n) is 14.1. The van der Waals surface area contributed by atoms with Crippen LogP contribution in [0.15, 0.2) is 79.1 Å². The van der Waals surface area contributed by atoms with Gasteiger partial charge in [0.25, 0.3) is 5.82 Å². The summed E-state index contributed by atoms with van der Waals surface area (Å²) in [5.74, 6) is 2.04. The largest absolute Gasteiger partial charge is 0.294 e. The van der Waals surface area contributed by atoms with Crippen molar-refractivity contribution in [2.24, 2.45) is 7.05 Å². The van der Waals surface area contributed by atoms with Gasteiger partial charge < -0.3 is 0 Å². The summed E-state index contributed by atoms with van der Waals surface area (Å²) in [7, 11) is 2.19. The van der Waals surface area contributed by atoms with Crippen LogP contribution >= 0.6 is 0 Å². The Hall–Kier alpha value is -3.13. The van der Waals surface area contributed by atoms with Crippen LogP contribution in [0.25, 0.3) is 28.2 Å². The summed E-state index contributed by atoms with van der Waals surface area (Å²) in [6.45, 7) is 16.4. The Kier molecular flexibility index (Phi) is 8.07. The van der Waals surface area contributed by atoms with Crippen LogP contribution in [0.1, 0.15) is 96.3 Å². The van der Waals surface area contributed by atoms with E-state index in [0.29, 0.717) is 11.8 Å². The third-order valence-corrected chi connectivity index (χ3v) is 8.16. The van der Waals surface area contributed by atoms with E-state index in [1.54, 1.807) is 0 Å². The number of nitrogens with zero attached hydrogens (tertiary/aromatic N) is 2. The Bertz CT molecular complexity index is 1310. The van der Waals surface area contributed by atoms with Crippen LogP contribution in [0.4, 0.5) is 0 Å². The highest BCUT2D eigenvalue weighted by Crippen LogP contribution is 2.41. The number of aryl methyl sites for hydroxylation is 1. The van der Waals surface area contributed by atoms with Crippen molar-refractivity contribution in [2.75, 3.05) is 0 Å². The molecule has 1 unspecified atom stereocenters. The van der Waals surface area contributed by atoms with E-state index in [1.165, 1.54) is 57.7 Å². The molecule has 0 aliphatic heterocycles. The lowest BCUT2D eigenvalue weighted by Gasteiger charge is -2.30. The lowest BCUT2D eigenvalue weighted by atomic mass is 9.74. The van der Waals surface area contributed by atoms with Crippen LogP contribution in [0.3, 0.4) is 0 Å². The number of rotatable bonds is 9. The molecule has 1 aromatic heterocycles. The molecule has 0 spiro atoms. The van der Waals surface area contributed by atoms with E-state index in [1.807, 2.05) is 0 Å². The maximum Gasteiger partial charge on any atom is 0.294 e. The predicted molar refractivity (Wildman–Crippen MR) is 159 cm³/mol. The van der Waals surface area contributed by atoms with Gasteiger partial charge in [0.2, 0.25) is 0 Å². The summed E-state index contributed by atoms with van der Waals surface area (Å²) in [4.78, 5) is 0. The minimum absolute atomic E-state index is 0.145. The molecule has 4 aromatic rings. The Morgan fingerprint density at radius 3 is 1.97 bits per heavy atom. The molecule has 194 valence electrons. The zero-order chi connectivity index (χ0) is 26.7. The minimum atomic E-state index is 0.145. The fourth-order valence-electron chi connectivity index (χ4n) is 5.87. The smallest absolute Gasteiger partial charge is 0.232 e. The Morgan fingerprint density at radius 2 is 1.41 bits per heavy atom. The molecule has 0 saturated heterocycles. The molecule has 37 heavy (non-hydrogen) atoms. The predicted octanol–water partition coefficient (Wildman–Crippen LogP) is 9.35. The second-order valence-electron chi connectivity index (χ2n) is 11.5. The molecule has 2 nitrogen and oxygen atoms in total. The van der Waals surface area contributed by atoms with Gasteiger partial charge in [-0.1, -0.05) is 103 Å². The molecule has 0 aliphatic rings. The fourth-order valence-corrected chi connectivity index (χ4v) is 5.87. The highest BCUT2D eigenvalue weighted by molar-refractivity contribution is 5.71. The molecule has 2 heteroatoms. The summed E-state index contributed by atoms with van der Waals surface area (Å²) in [6.07, 6.45) is 7.98. The maximum absolute atomic E-state index is 2.47. The van der Waals surface area contributed by atoms with Crippen LogP contribution in [-0.2, 0) is 12.5 Å². The Balaban J connectivity index is 2.03. The summed E-state index contributed by atoms with van der Waals surface area (Å²) in [5, 5.41) is 0.